The standard InChI is InChI=1S/C6H7NO.C5H10.C2H6/c1-5-2-3-7-6(8)4-5;1-5-3-2-4-5;1-2/h2-4H,1H3,(H,7,8);5H,2-4H2,1H3;1-2H3. The van der Waals surface area contributed by atoms with Gasteiger partial charge in [0.2, 0.25) is 5.56 Å². The predicted octanol–water partition coefficient (Wildman–Crippen LogP) is 3.52. The molecular weight excluding hydrogens is 186 g/mol. The van der Waals surface area contributed by atoms with Crippen molar-refractivity contribution in [3.05, 3.63) is 34.2 Å². The Balaban J connectivity index is 0.000000241. The molecule has 1 fully saturated rings. The number of pyridine rings is 1. The molecule has 0 aliphatic heterocycles. The summed E-state index contributed by atoms with van der Waals surface area (Å²) in [5.74, 6) is 1.06. The van der Waals surface area contributed by atoms with Gasteiger partial charge in [-0.2, -0.15) is 0 Å². The number of aromatic nitrogens is 1. The molecular formula is C13H23NO. The topological polar surface area (TPSA) is 32.9 Å². The van der Waals surface area contributed by atoms with Gasteiger partial charge in [0.15, 0.2) is 0 Å². The largest absolute Gasteiger partial charge is 0.329 e. The Bertz CT molecular complexity index is 299. The lowest BCUT2D eigenvalue weighted by molar-refractivity contribution is 0.346. The van der Waals surface area contributed by atoms with E-state index in [0.717, 1.165) is 11.5 Å². The van der Waals surface area contributed by atoms with Gasteiger partial charge in [0.1, 0.15) is 0 Å². The second-order valence-electron chi connectivity index (χ2n) is 3.77. The highest BCUT2D eigenvalue weighted by Crippen LogP contribution is 2.24. The molecule has 1 N–H and O–H groups in total. The van der Waals surface area contributed by atoms with E-state index in [-0.39, 0.29) is 5.56 Å². The van der Waals surface area contributed by atoms with Crippen molar-refractivity contribution >= 4 is 0 Å². The molecule has 1 aliphatic carbocycles. The monoisotopic (exact) mass is 209 g/mol. The molecule has 0 saturated heterocycles. The van der Waals surface area contributed by atoms with Crippen molar-refractivity contribution in [2.24, 2.45) is 5.92 Å². The highest BCUT2D eigenvalue weighted by atomic mass is 16.1. The average Bonchev–Trinajstić information content (AvgIpc) is 2.18. The van der Waals surface area contributed by atoms with Crippen molar-refractivity contribution < 1.29 is 0 Å². The smallest absolute Gasteiger partial charge is 0.248 e. The molecule has 15 heavy (non-hydrogen) atoms. The van der Waals surface area contributed by atoms with Crippen LogP contribution in [0.15, 0.2) is 23.1 Å². The van der Waals surface area contributed by atoms with Crippen LogP contribution in [0.2, 0.25) is 0 Å². The quantitative estimate of drug-likeness (QED) is 0.696. The number of hydrogen-bond acceptors (Lipinski definition) is 1. The van der Waals surface area contributed by atoms with Gasteiger partial charge in [0.25, 0.3) is 0 Å². The summed E-state index contributed by atoms with van der Waals surface area (Å²) in [6.45, 7) is 8.19. The van der Waals surface area contributed by atoms with Crippen LogP contribution in [-0.2, 0) is 0 Å². The number of aromatic amines is 1. The lowest BCUT2D eigenvalue weighted by atomic mass is 9.88. The van der Waals surface area contributed by atoms with Gasteiger partial charge in [0.05, 0.1) is 0 Å². The number of rotatable bonds is 0. The Hall–Kier alpha value is -1.05. The van der Waals surface area contributed by atoms with Crippen molar-refractivity contribution in [3.63, 3.8) is 0 Å². The van der Waals surface area contributed by atoms with E-state index in [4.69, 9.17) is 0 Å². The summed E-state index contributed by atoms with van der Waals surface area (Å²) in [4.78, 5) is 13.0. The normalized spacial score (nSPS) is 13.9. The summed E-state index contributed by atoms with van der Waals surface area (Å²) in [6.07, 6.45) is 6.10. The zero-order valence-corrected chi connectivity index (χ0v) is 10.3. The van der Waals surface area contributed by atoms with Crippen LogP contribution >= 0.6 is 0 Å². The first-order valence-corrected chi connectivity index (χ1v) is 5.84. The summed E-state index contributed by atoms with van der Waals surface area (Å²) >= 11 is 0. The van der Waals surface area contributed by atoms with E-state index in [1.54, 1.807) is 12.3 Å². The summed E-state index contributed by atoms with van der Waals surface area (Å²) in [7, 11) is 0. The van der Waals surface area contributed by atoms with Gasteiger partial charge in [-0.1, -0.05) is 40.0 Å². The van der Waals surface area contributed by atoms with E-state index in [2.05, 4.69) is 11.9 Å². The molecule has 0 spiro atoms. The molecule has 2 nitrogen and oxygen atoms in total. The van der Waals surface area contributed by atoms with Crippen LogP contribution in [0.1, 0.15) is 45.6 Å². The van der Waals surface area contributed by atoms with Gasteiger partial charge in [-0.25, -0.2) is 0 Å². The van der Waals surface area contributed by atoms with Crippen molar-refractivity contribution in [2.45, 2.75) is 47.0 Å². The van der Waals surface area contributed by atoms with Gasteiger partial charge in [0, 0.05) is 12.3 Å². The number of aryl methyl sites for hydroxylation is 1. The summed E-state index contributed by atoms with van der Waals surface area (Å²) in [5, 5.41) is 0. The van der Waals surface area contributed by atoms with Gasteiger partial charge in [-0.15, -0.1) is 0 Å². The van der Waals surface area contributed by atoms with Gasteiger partial charge >= 0.3 is 0 Å². The summed E-state index contributed by atoms with van der Waals surface area (Å²) in [5.41, 5.74) is 0.957. The number of H-pyrrole nitrogens is 1. The fourth-order valence-corrected chi connectivity index (χ4v) is 1.16. The van der Waals surface area contributed by atoms with E-state index in [1.165, 1.54) is 19.3 Å². The van der Waals surface area contributed by atoms with Crippen LogP contribution in [0, 0.1) is 12.8 Å². The third-order valence-corrected chi connectivity index (χ3v) is 2.32. The van der Waals surface area contributed by atoms with Crippen molar-refractivity contribution in [3.8, 4) is 0 Å². The molecule has 0 aromatic carbocycles. The van der Waals surface area contributed by atoms with Crippen LogP contribution in [0.4, 0.5) is 0 Å². The predicted molar refractivity (Wildman–Crippen MR) is 66.2 cm³/mol. The van der Waals surface area contributed by atoms with Gasteiger partial charge in [-0.3, -0.25) is 4.79 Å². The lowest BCUT2D eigenvalue weighted by Crippen LogP contribution is -2.04. The Kier molecular flexibility index (Phi) is 7.69. The molecule has 1 heterocycles. The van der Waals surface area contributed by atoms with Crippen molar-refractivity contribution in [1.29, 1.82) is 0 Å². The van der Waals surface area contributed by atoms with Crippen LogP contribution in [-0.4, -0.2) is 4.98 Å². The summed E-state index contributed by atoms with van der Waals surface area (Å²) < 4.78 is 0. The fourth-order valence-electron chi connectivity index (χ4n) is 1.16. The molecule has 2 rings (SSSR count). The van der Waals surface area contributed by atoms with Crippen LogP contribution in [0.5, 0.6) is 0 Å². The fraction of sp³-hybridized carbons (Fsp3) is 0.615. The van der Waals surface area contributed by atoms with Gasteiger partial charge in [-0.05, 0) is 24.5 Å². The maximum Gasteiger partial charge on any atom is 0.248 e. The minimum absolute atomic E-state index is 0.0370. The minimum atomic E-state index is -0.0370. The van der Waals surface area contributed by atoms with E-state index >= 15 is 0 Å². The zero-order valence-electron chi connectivity index (χ0n) is 10.3. The molecule has 0 unspecified atom stereocenters. The third kappa shape index (κ3) is 6.95. The van der Waals surface area contributed by atoms with Crippen LogP contribution < -0.4 is 5.56 Å². The molecule has 1 saturated carbocycles. The van der Waals surface area contributed by atoms with Crippen molar-refractivity contribution in [2.75, 3.05) is 0 Å². The first-order valence-electron chi connectivity index (χ1n) is 5.84. The Morgan fingerprint density at radius 3 is 2.07 bits per heavy atom. The molecule has 1 aromatic rings. The molecule has 0 bridgehead atoms. The average molecular weight is 209 g/mol. The van der Waals surface area contributed by atoms with E-state index in [1.807, 2.05) is 26.8 Å². The highest BCUT2D eigenvalue weighted by molar-refractivity contribution is 5.06. The van der Waals surface area contributed by atoms with Crippen LogP contribution in [0.3, 0.4) is 0 Å². The van der Waals surface area contributed by atoms with Gasteiger partial charge < -0.3 is 4.98 Å². The van der Waals surface area contributed by atoms with E-state index in [9.17, 15) is 4.79 Å². The first-order chi connectivity index (χ1) is 7.18. The SMILES string of the molecule is CC.CC1CCC1.Cc1cc[nH]c(=O)c1. The second kappa shape index (κ2) is 8.27. The molecule has 0 radical (unpaired) electrons. The van der Waals surface area contributed by atoms with E-state index < -0.39 is 0 Å². The highest BCUT2D eigenvalue weighted by Gasteiger charge is 2.09. The molecule has 86 valence electrons. The molecule has 1 aromatic heterocycles. The van der Waals surface area contributed by atoms with Crippen LogP contribution in [0.25, 0.3) is 0 Å². The maximum absolute atomic E-state index is 10.4. The maximum atomic E-state index is 10.4. The Labute approximate surface area is 92.7 Å². The third-order valence-electron chi connectivity index (χ3n) is 2.32. The Morgan fingerprint density at radius 1 is 1.33 bits per heavy atom. The number of nitrogens with one attached hydrogen (secondary N) is 1. The Morgan fingerprint density at radius 2 is 1.87 bits per heavy atom. The van der Waals surface area contributed by atoms with E-state index in [0.29, 0.717) is 0 Å². The first kappa shape index (κ1) is 13.9. The van der Waals surface area contributed by atoms with Crippen molar-refractivity contribution in [1.82, 2.24) is 4.98 Å². The molecule has 0 amide bonds. The number of hydrogen-bond donors (Lipinski definition) is 1. The second-order valence-corrected chi connectivity index (χ2v) is 3.77. The minimum Gasteiger partial charge on any atom is -0.329 e. The molecule has 2 heteroatoms. The lowest BCUT2D eigenvalue weighted by Gasteiger charge is -2.18. The molecule has 1 aliphatic rings. The zero-order chi connectivity index (χ0) is 11.7. The summed E-state index contributed by atoms with van der Waals surface area (Å²) in [6, 6.07) is 3.40. The molecule has 0 atom stereocenters.